The molecule has 2 heterocycles. The summed E-state index contributed by atoms with van der Waals surface area (Å²) in [6, 6.07) is 3.75. The molecule has 0 aliphatic carbocycles. The van der Waals surface area contributed by atoms with Crippen LogP contribution in [0.4, 0.5) is 0 Å². The third kappa shape index (κ3) is 2.87. The molecule has 2 aromatic heterocycles. The van der Waals surface area contributed by atoms with Gasteiger partial charge >= 0.3 is 0 Å². The van der Waals surface area contributed by atoms with Gasteiger partial charge in [-0.3, -0.25) is 4.79 Å². The SMILES string of the molecule is Cc1cnc(CC(=O)Cc2coc3c(C)c(Cl)ccc23)s1. The normalized spacial score (nSPS) is 11.2. The highest BCUT2D eigenvalue weighted by Gasteiger charge is 2.14. The lowest BCUT2D eigenvalue weighted by molar-refractivity contribution is -0.117. The topological polar surface area (TPSA) is 43.1 Å². The number of ketones is 1. The van der Waals surface area contributed by atoms with Gasteiger partial charge in [-0.05, 0) is 26.0 Å². The number of hydrogen-bond acceptors (Lipinski definition) is 4. The number of hydrogen-bond donors (Lipinski definition) is 0. The Kier molecular flexibility index (Phi) is 3.83. The van der Waals surface area contributed by atoms with Gasteiger partial charge in [0.1, 0.15) is 16.4 Å². The fourth-order valence-electron chi connectivity index (χ4n) is 2.33. The standard InChI is InChI=1S/C16H14ClNO2S/c1-9-7-18-15(21-9)6-12(19)5-11-8-20-16-10(2)14(17)4-3-13(11)16/h3-4,7-8H,5-6H2,1-2H3. The van der Waals surface area contributed by atoms with Gasteiger partial charge < -0.3 is 4.42 Å². The van der Waals surface area contributed by atoms with Crippen LogP contribution in [0.2, 0.25) is 5.02 Å². The molecule has 3 nitrogen and oxygen atoms in total. The van der Waals surface area contributed by atoms with Crippen LogP contribution in [0.5, 0.6) is 0 Å². The first kappa shape index (κ1) is 14.3. The number of fused-ring (bicyclic) bond motifs is 1. The summed E-state index contributed by atoms with van der Waals surface area (Å²) in [5.41, 5.74) is 2.57. The molecule has 0 aliphatic heterocycles. The van der Waals surface area contributed by atoms with Gasteiger partial charge in [0.25, 0.3) is 0 Å². The predicted octanol–water partition coefficient (Wildman–Crippen LogP) is 4.51. The number of furan rings is 1. The molecule has 108 valence electrons. The van der Waals surface area contributed by atoms with E-state index < -0.39 is 0 Å². The van der Waals surface area contributed by atoms with E-state index in [2.05, 4.69) is 4.98 Å². The van der Waals surface area contributed by atoms with Crippen molar-refractivity contribution < 1.29 is 9.21 Å². The molecule has 0 amide bonds. The van der Waals surface area contributed by atoms with Crippen LogP contribution in [-0.4, -0.2) is 10.8 Å². The Morgan fingerprint density at radius 1 is 1.33 bits per heavy atom. The molecule has 0 radical (unpaired) electrons. The number of benzene rings is 1. The van der Waals surface area contributed by atoms with Crippen LogP contribution < -0.4 is 0 Å². The number of Topliss-reactive ketones (excluding diaryl/α,β-unsaturated/α-hetero) is 1. The van der Waals surface area contributed by atoms with Gasteiger partial charge in [-0.1, -0.05) is 11.6 Å². The maximum absolute atomic E-state index is 12.2. The van der Waals surface area contributed by atoms with Gasteiger partial charge in [-0.25, -0.2) is 4.98 Å². The van der Waals surface area contributed by atoms with Gasteiger partial charge in [0.15, 0.2) is 0 Å². The van der Waals surface area contributed by atoms with Crippen LogP contribution in [0.1, 0.15) is 21.0 Å². The van der Waals surface area contributed by atoms with Crippen molar-refractivity contribution in [3.05, 3.63) is 50.6 Å². The Morgan fingerprint density at radius 2 is 2.14 bits per heavy atom. The van der Waals surface area contributed by atoms with E-state index in [0.29, 0.717) is 17.9 Å². The molecule has 0 aliphatic rings. The Hall–Kier alpha value is -1.65. The molecule has 0 spiro atoms. The van der Waals surface area contributed by atoms with E-state index in [4.69, 9.17) is 16.0 Å². The maximum atomic E-state index is 12.2. The van der Waals surface area contributed by atoms with Crippen molar-refractivity contribution in [1.29, 1.82) is 0 Å². The molecule has 5 heteroatoms. The number of aromatic nitrogens is 1. The summed E-state index contributed by atoms with van der Waals surface area (Å²) < 4.78 is 5.57. The molecule has 0 atom stereocenters. The van der Waals surface area contributed by atoms with E-state index in [9.17, 15) is 4.79 Å². The number of thiazole rings is 1. The Morgan fingerprint density at radius 3 is 2.86 bits per heavy atom. The Bertz CT molecular complexity index is 819. The fourth-order valence-corrected chi connectivity index (χ4v) is 3.29. The molecule has 3 rings (SSSR count). The Balaban J connectivity index is 1.82. The van der Waals surface area contributed by atoms with Crippen molar-refractivity contribution in [3.8, 4) is 0 Å². The minimum absolute atomic E-state index is 0.139. The molecule has 21 heavy (non-hydrogen) atoms. The molecule has 3 aromatic rings. The monoisotopic (exact) mass is 319 g/mol. The zero-order chi connectivity index (χ0) is 15.0. The second-order valence-electron chi connectivity index (χ2n) is 5.07. The first-order valence-corrected chi connectivity index (χ1v) is 7.82. The van der Waals surface area contributed by atoms with Gasteiger partial charge in [0.2, 0.25) is 0 Å². The summed E-state index contributed by atoms with van der Waals surface area (Å²) >= 11 is 7.64. The van der Waals surface area contributed by atoms with Crippen molar-refractivity contribution in [3.63, 3.8) is 0 Å². The molecular weight excluding hydrogens is 306 g/mol. The van der Waals surface area contributed by atoms with E-state index >= 15 is 0 Å². The summed E-state index contributed by atoms with van der Waals surface area (Å²) in [4.78, 5) is 17.5. The molecule has 0 unspecified atom stereocenters. The number of nitrogens with zero attached hydrogens (tertiary/aromatic N) is 1. The van der Waals surface area contributed by atoms with E-state index in [1.54, 1.807) is 23.8 Å². The number of halogens is 1. The van der Waals surface area contributed by atoms with Crippen molar-refractivity contribution >= 4 is 39.7 Å². The molecule has 0 N–H and O–H groups in total. The summed E-state index contributed by atoms with van der Waals surface area (Å²) in [6.45, 7) is 3.90. The zero-order valence-corrected chi connectivity index (χ0v) is 13.3. The smallest absolute Gasteiger partial charge is 0.144 e. The molecular formula is C16H14ClNO2S. The molecule has 0 saturated carbocycles. The van der Waals surface area contributed by atoms with Crippen LogP contribution in [-0.2, 0) is 17.6 Å². The van der Waals surface area contributed by atoms with Crippen LogP contribution in [0.3, 0.4) is 0 Å². The van der Waals surface area contributed by atoms with Crippen LogP contribution >= 0.6 is 22.9 Å². The van der Waals surface area contributed by atoms with Crippen molar-refractivity contribution in [1.82, 2.24) is 4.98 Å². The van der Waals surface area contributed by atoms with E-state index in [-0.39, 0.29) is 5.78 Å². The number of aryl methyl sites for hydroxylation is 2. The van der Waals surface area contributed by atoms with Gasteiger partial charge in [-0.15, -0.1) is 11.3 Å². The lowest BCUT2D eigenvalue weighted by Gasteiger charge is -2.00. The van der Waals surface area contributed by atoms with Crippen LogP contribution in [0.15, 0.2) is 29.0 Å². The average Bonchev–Trinajstić information content (AvgIpc) is 3.01. The molecule has 1 aromatic carbocycles. The lowest BCUT2D eigenvalue weighted by Crippen LogP contribution is -2.05. The summed E-state index contributed by atoms with van der Waals surface area (Å²) in [5.74, 6) is 0.139. The summed E-state index contributed by atoms with van der Waals surface area (Å²) in [5, 5.41) is 2.50. The predicted molar refractivity (Wildman–Crippen MR) is 85.2 cm³/mol. The first-order valence-electron chi connectivity index (χ1n) is 6.63. The van der Waals surface area contributed by atoms with Crippen molar-refractivity contribution in [2.45, 2.75) is 26.7 Å². The largest absolute Gasteiger partial charge is 0.464 e. The minimum atomic E-state index is 0.139. The van der Waals surface area contributed by atoms with E-state index in [1.807, 2.05) is 26.0 Å². The number of rotatable bonds is 4. The number of carbonyl (C=O) groups is 1. The second-order valence-corrected chi connectivity index (χ2v) is 6.79. The van der Waals surface area contributed by atoms with E-state index in [1.165, 1.54) is 0 Å². The third-order valence-electron chi connectivity index (χ3n) is 3.41. The maximum Gasteiger partial charge on any atom is 0.144 e. The molecule has 0 fully saturated rings. The number of carbonyl (C=O) groups excluding carboxylic acids is 1. The minimum Gasteiger partial charge on any atom is -0.464 e. The second kappa shape index (κ2) is 5.62. The summed E-state index contributed by atoms with van der Waals surface area (Å²) in [6.07, 6.45) is 4.18. The summed E-state index contributed by atoms with van der Waals surface area (Å²) in [7, 11) is 0. The molecule has 0 bridgehead atoms. The highest BCUT2D eigenvalue weighted by Crippen LogP contribution is 2.29. The van der Waals surface area contributed by atoms with Gasteiger partial charge in [-0.2, -0.15) is 0 Å². The Labute approximate surface area is 131 Å². The van der Waals surface area contributed by atoms with E-state index in [0.717, 1.165) is 32.0 Å². The highest BCUT2D eigenvalue weighted by molar-refractivity contribution is 7.11. The highest BCUT2D eigenvalue weighted by atomic mass is 35.5. The lowest BCUT2D eigenvalue weighted by atomic mass is 10.0. The van der Waals surface area contributed by atoms with Gasteiger partial charge in [0, 0.05) is 39.0 Å². The van der Waals surface area contributed by atoms with Crippen molar-refractivity contribution in [2.75, 3.05) is 0 Å². The average molecular weight is 320 g/mol. The fraction of sp³-hybridized carbons (Fsp3) is 0.250. The third-order valence-corrected chi connectivity index (χ3v) is 4.73. The van der Waals surface area contributed by atoms with Crippen molar-refractivity contribution in [2.24, 2.45) is 0 Å². The zero-order valence-electron chi connectivity index (χ0n) is 11.8. The quantitative estimate of drug-likeness (QED) is 0.710. The van der Waals surface area contributed by atoms with Crippen LogP contribution in [0.25, 0.3) is 11.0 Å². The van der Waals surface area contributed by atoms with Crippen LogP contribution in [0, 0.1) is 13.8 Å². The first-order chi connectivity index (χ1) is 10.0. The molecule has 0 saturated heterocycles. The van der Waals surface area contributed by atoms with Gasteiger partial charge in [0.05, 0.1) is 12.7 Å².